The lowest BCUT2D eigenvalue weighted by Crippen LogP contribution is -2.35. The molecule has 0 aromatic rings. The first-order valence-electron chi connectivity index (χ1n) is 5.02. The second-order valence-electron chi connectivity index (χ2n) is 3.52. The summed E-state index contributed by atoms with van der Waals surface area (Å²) >= 11 is 0. The summed E-state index contributed by atoms with van der Waals surface area (Å²) in [5.41, 5.74) is 0. The standard InChI is InChI=1S/C9H14F3NO3/c10-9(11,12)6-13-5-8(14)16-7-1-3-15-4-2-7/h7,13H,1-6H2. The molecule has 0 aliphatic carbocycles. The zero-order chi connectivity index (χ0) is 12.0. The zero-order valence-corrected chi connectivity index (χ0v) is 8.68. The largest absolute Gasteiger partial charge is 0.461 e. The summed E-state index contributed by atoms with van der Waals surface area (Å²) in [7, 11) is 0. The Morgan fingerprint density at radius 1 is 1.38 bits per heavy atom. The number of rotatable bonds is 4. The fourth-order valence-electron chi connectivity index (χ4n) is 1.33. The molecule has 0 saturated carbocycles. The minimum atomic E-state index is -4.31. The van der Waals surface area contributed by atoms with Gasteiger partial charge in [0.25, 0.3) is 0 Å². The van der Waals surface area contributed by atoms with E-state index in [1.807, 2.05) is 5.32 Å². The van der Waals surface area contributed by atoms with Crippen LogP contribution in [0.5, 0.6) is 0 Å². The van der Waals surface area contributed by atoms with E-state index in [-0.39, 0.29) is 6.10 Å². The molecule has 0 aromatic carbocycles. The van der Waals surface area contributed by atoms with Crippen molar-refractivity contribution in [2.75, 3.05) is 26.3 Å². The van der Waals surface area contributed by atoms with Gasteiger partial charge in [0, 0.05) is 12.8 Å². The molecular weight excluding hydrogens is 227 g/mol. The number of alkyl halides is 3. The highest BCUT2D eigenvalue weighted by Crippen LogP contribution is 2.12. The maximum absolute atomic E-state index is 11.7. The Hall–Kier alpha value is -0.820. The van der Waals surface area contributed by atoms with Crippen molar-refractivity contribution in [1.82, 2.24) is 5.32 Å². The summed E-state index contributed by atoms with van der Waals surface area (Å²) in [5.74, 6) is -0.656. The van der Waals surface area contributed by atoms with Crippen LogP contribution in [-0.4, -0.2) is 44.6 Å². The Balaban J connectivity index is 2.10. The third kappa shape index (κ3) is 5.92. The van der Waals surface area contributed by atoms with Gasteiger partial charge in [-0.25, -0.2) is 0 Å². The van der Waals surface area contributed by atoms with Gasteiger partial charge in [-0.15, -0.1) is 0 Å². The Morgan fingerprint density at radius 3 is 2.56 bits per heavy atom. The Kier molecular flexibility index (Phi) is 5.01. The van der Waals surface area contributed by atoms with Gasteiger partial charge in [0.1, 0.15) is 6.10 Å². The van der Waals surface area contributed by atoms with Gasteiger partial charge in [0.05, 0.1) is 26.3 Å². The second-order valence-corrected chi connectivity index (χ2v) is 3.52. The summed E-state index contributed by atoms with van der Waals surface area (Å²) < 4.78 is 45.2. The van der Waals surface area contributed by atoms with Gasteiger partial charge >= 0.3 is 12.1 Å². The van der Waals surface area contributed by atoms with Crippen LogP contribution in [0.15, 0.2) is 0 Å². The molecule has 0 radical (unpaired) electrons. The van der Waals surface area contributed by atoms with Crippen LogP contribution in [0.3, 0.4) is 0 Å². The average Bonchev–Trinajstić information content (AvgIpc) is 2.17. The van der Waals surface area contributed by atoms with Crippen molar-refractivity contribution in [3.05, 3.63) is 0 Å². The van der Waals surface area contributed by atoms with Crippen LogP contribution < -0.4 is 5.32 Å². The lowest BCUT2D eigenvalue weighted by atomic mass is 10.1. The quantitative estimate of drug-likeness (QED) is 0.742. The van der Waals surface area contributed by atoms with Crippen LogP contribution in [-0.2, 0) is 14.3 Å². The van der Waals surface area contributed by atoms with E-state index in [9.17, 15) is 18.0 Å². The predicted octanol–water partition coefficient (Wildman–Crippen LogP) is 0.861. The molecule has 1 fully saturated rings. The lowest BCUT2D eigenvalue weighted by molar-refractivity contribution is -0.153. The number of hydrogen-bond acceptors (Lipinski definition) is 4. The molecular formula is C9H14F3NO3. The number of carbonyl (C=O) groups excluding carboxylic acids is 1. The fourth-order valence-corrected chi connectivity index (χ4v) is 1.33. The Labute approximate surface area is 91.1 Å². The predicted molar refractivity (Wildman–Crippen MR) is 48.9 cm³/mol. The molecule has 1 saturated heterocycles. The maximum Gasteiger partial charge on any atom is 0.401 e. The van der Waals surface area contributed by atoms with Gasteiger partial charge in [0.2, 0.25) is 0 Å². The summed E-state index contributed by atoms with van der Waals surface area (Å²) in [4.78, 5) is 11.1. The Bertz CT molecular complexity index is 227. The molecule has 1 aliphatic heterocycles. The van der Waals surface area contributed by atoms with E-state index < -0.39 is 25.2 Å². The minimum Gasteiger partial charge on any atom is -0.461 e. The van der Waals surface area contributed by atoms with E-state index in [0.29, 0.717) is 26.1 Å². The number of carbonyl (C=O) groups is 1. The average molecular weight is 241 g/mol. The third-order valence-electron chi connectivity index (χ3n) is 2.06. The van der Waals surface area contributed by atoms with Crippen molar-refractivity contribution in [2.24, 2.45) is 0 Å². The number of hydrogen-bond donors (Lipinski definition) is 1. The van der Waals surface area contributed by atoms with E-state index >= 15 is 0 Å². The van der Waals surface area contributed by atoms with Crippen LogP contribution in [0.1, 0.15) is 12.8 Å². The number of halogens is 3. The van der Waals surface area contributed by atoms with Gasteiger partial charge in [-0.05, 0) is 0 Å². The molecule has 0 atom stereocenters. The van der Waals surface area contributed by atoms with Crippen molar-refractivity contribution in [1.29, 1.82) is 0 Å². The molecule has 4 nitrogen and oxygen atoms in total. The SMILES string of the molecule is O=C(CNCC(F)(F)F)OC1CCOCC1. The van der Waals surface area contributed by atoms with Gasteiger partial charge < -0.3 is 9.47 Å². The molecule has 94 valence electrons. The molecule has 0 bridgehead atoms. The van der Waals surface area contributed by atoms with Crippen LogP contribution in [0.2, 0.25) is 0 Å². The van der Waals surface area contributed by atoms with Gasteiger partial charge in [0.15, 0.2) is 0 Å². The normalized spacial score (nSPS) is 18.4. The van der Waals surface area contributed by atoms with Gasteiger partial charge in [-0.3, -0.25) is 10.1 Å². The fraction of sp³-hybridized carbons (Fsp3) is 0.889. The lowest BCUT2D eigenvalue weighted by Gasteiger charge is -2.22. The van der Waals surface area contributed by atoms with Crippen LogP contribution in [0.4, 0.5) is 13.2 Å². The molecule has 0 amide bonds. The Morgan fingerprint density at radius 2 is 2.00 bits per heavy atom. The molecule has 1 aliphatic rings. The first-order chi connectivity index (χ1) is 7.47. The highest BCUT2D eigenvalue weighted by atomic mass is 19.4. The highest BCUT2D eigenvalue weighted by molar-refractivity contribution is 5.71. The molecule has 1 heterocycles. The monoisotopic (exact) mass is 241 g/mol. The van der Waals surface area contributed by atoms with Crippen molar-refractivity contribution >= 4 is 5.97 Å². The smallest absolute Gasteiger partial charge is 0.401 e. The molecule has 1 N–H and O–H groups in total. The number of ether oxygens (including phenoxy) is 2. The van der Waals surface area contributed by atoms with E-state index in [0.717, 1.165) is 0 Å². The first-order valence-corrected chi connectivity index (χ1v) is 5.02. The van der Waals surface area contributed by atoms with Crippen LogP contribution >= 0.6 is 0 Å². The van der Waals surface area contributed by atoms with E-state index in [4.69, 9.17) is 9.47 Å². The molecule has 0 unspecified atom stereocenters. The summed E-state index contributed by atoms with van der Waals surface area (Å²) in [5, 5.41) is 1.98. The third-order valence-corrected chi connectivity index (χ3v) is 2.06. The minimum absolute atomic E-state index is 0.228. The van der Waals surface area contributed by atoms with Gasteiger partial charge in [-0.2, -0.15) is 13.2 Å². The summed E-state index contributed by atoms with van der Waals surface area (Å²) in [6.07, 6.45) is -3.33. The van der Waals surface area contributed by atoms with Crippen LogP contribution in [0.25, 0.3) is 0 Å². The molecule has 0 spiro atoms. The van der Waals surface area contributed by atoms with E-state index in [2.05, 4.69) is 0 Å². The second kappa shape index (κ2) is 6.05. The summed E-state index contributed by atoms with van der Waals surface area (Å²) in [6.45, 7) is -0.561. The van der Waals surface area contributed by atoms with E-state index in [1.54, 1.807) is 0 Å². The zero-order valence-electron chi connectivity index (χ0n) is 8.68. The molecule has 0 aromatic heterocycles. The summed E-state index contributed by atoms with van der Waals surface area (Å²) in [6, 6.07) is 0. The van der Waals surface area contributed by atoms with Crippen molar-refractivity contribution in [2.45, 2.75) is 25.1 Å². The van der Waals surface area contributed by atoms with Crippen LogP contribution in [0, 0.1) is 0 Å². The van der Waals surface area contributed by atoms with Gasteiger partial charge in [-0.1, -0.05) is 0 Å². The van der Waals surface area contributed by atoms with Crippen molar-refractivity contribution < 1.29 is 27.4 Å². The van der Waals surface area contributed by atoms with Crippen molar-refractivity contribution in [3.63, 3.8) is 0 Å². The molecule has 7 heteroatoms. The molecule has 16 heavy (non-hydrogen) atoms. The maximum atomic E-state index is 11.7. The molecule has 1 rings (SSSR count). The first kappa shape index (κ1) is 13.2. The number of esters is 1. The van der Waals surface area contributed by atoms with Crippen molar-refractivity contribution in [3.8, 4) is 0 Å². The topological polar surface area (TPSA) is 47.6 Å². The highest BCUT2D eigenvalue weighted by Gasteiger charge is 2.27. The van der Waals surface area contributed by atoms with E-state index in [1.165, 1.54) is 0 Å². The number of nitrogens with one attached hydrogen (secondary N) is 1.